The molecule has 5 nitrogen and oxygen atoms in total. The van der Waals surface area contributed by atoms with Gasteiger partial charge in [0.1, 0.15) is 0 Å². The van der Waals surface area contributed by atoms with Crippen molar-refractivity contribution in [2.24, 2.45) is 0 Å². The molecule has 0 aliphatic heterocycles. The Morgan fingerprint density at radius 3 is 2.20 bits per heavy atom. The van der Waals surface area contributed by atoms with Crippen molar-refractivity contribution in [3.8, 4) is 11.4 Å². The number of rotatable bonds is 3. The van der Waals surface area contributed by atoms with Crippen molar-refractivity contribution in [1.82, 2.24) is 14.7 Å². The third kappa shape index (κ3) is 3.40. The molecule has 1 heterocycles. The van der Waals surface area contributed by atoms with E-state index in [0.29, 0.717) is 11.4 Å². The lowest BCUT2D eigenvalue weighted by Crippen LogP contribution is -2.40. The summed E-state index contributed by atoms with van der Waals surface area (Å²) in [4.78, 5) is 8.41. The van der Waals surface area contributed by atoms with Crippen LogP contribution in [0, 0.1) is 0 Å². The normalized spacial score (nSPS) is 12.3. The van der Waals surface area contributed by atoms with Gasteiger partial charge in [-0.1, -0.05) is 12.1 Å². The monoisotopic (exact) mass is 291 g/mol. The summed E-state index contributed by atoms with van der Waals surface area (Å²) in [5, 5.41) is 0. The van der Waals surface area contributed by atoms with Crippen molar-refractivity contribution < 1.29 is 8.42 Å². The molecule has 0 aliphatic rings. The summed E-state index contributed by atoms with van der Waals surface area (Å²) in [5.41, 5.74) is -0.0615. The Kier molecular flexibility index (Phi) is 3.87. The van der Waals surface area contributed by atoms with Gasteiger partial charge in [0.2, 0.25) is 10.0 Å². The molecule has 0 aliphatic carbocycles. The van der Waals surface area contributed by atoms with Gasteiger partial charge in [0.25, 0.3) is 0 Å². The zero-order valence-corrected chi connectivity index (χ0v) is 12.5. The van der Waals surface area contributed by atoms with Crippen LogP contribution in [0.2, 0.25) is 0 Å². The second-order valence-electron chi connectivity index (χ2n) is 5.42. The highest BCUT2D eigenvalue weighted by atomic mass is 32.2. The van der Waals surface area contributed by atoms with Crippen molar-refractivity contribution in [3.63, 3.8) is 0 Å². The van der Waals surface area contributed by atoms with E-state index in [0.717, 1.165) is 0 Å². The standard InChI is InChI=1S/C14H17N3O2S/c1-14(2,3)17-20(18,19)12-8-5-4-7-11(12)13-15-9-6-10-16-13/h4-10,17H,1-3H3. The minimum absolute atomic E-state index is 0.182. The molecule has 0 atom stereocenters. The highest BCUT2D eigenvalue weighted by Gasteiger charge is 2.25. The highest BCUT2D eigenvalue weighted by molar-refractivity contribution is 7.89. The van der Waals surface area contributed by atoms with E-state index in [4.69, 9.17) is 0 Å². The van der Waals surface area contributed by atoms with Gasteiger partial charge in [0, 0.05) is 23.5 Å². The van der Waals surface area contributed by atoms with Crippen molar-refractivity contribution in [2.45, 2.75) is 31.2 Å². The average Bonchev–Trinajstić information content (AvgIpc) is 2.37. The van der Waals surface area contributed by atoms with Gasteiger partial charge in [-0.05, 0) is 39.0 Å². The molecular formula is C14H17N3O2S. The summed E-state index contributed by atoms with van der Waals surface area (Å²) in [6, 6.07) is 8.39. The van der Waals surface area contributed by atoms with Crippen molar-refractivity contribution in [2.75, 3.05) is 0 Å². The van der Waals surface area contributed by atoms with Crippen LogP contribution in [0.1, 0.15) is 20.8 Å². The van der Waals surface area contributed by atoms with Crippen molar-refractivity contribution in [1.29, 1.82) is 0 Å². The number of hydrogen-bond donors (Lipinski definition) is 1. The second kappa shape index (κ2) is 5.30. The summed E-state index contributed by atoms with van der Waals surface area (Å²) in [6.07, 6.45) is 3.17. The van der Waals surface area contributed by atoms with Crippen LogP contribution in [0.3, 0.4) is 0 Å². The Labute approximate surface area is 119 Å². The summed E-state index contributed by atoms with van der Waals surface area (Å²) in [6.45, 7) is 5.39. The largest absolute Gasteiger partial charge is 0.241 e. The van der Waals surface area contributed by atoms with Crippen LogP contribution in [0.5, 0.6) is 0 Å². The minimum Gasteiger partial charge on any atom is -0.237 e. The van der Waals surface area contributed by atoms with Crippen LogP contribution >= 0.6 is 0 Å². The van der Waals surface area contributed by atoms with Gasteiger partial charge < -0.3 is 0 Å². The van der Waals surface area contributed by atoms with Crippen LogP contribution in [0.15, 0.2) is 47.6 Å². The van der Waals surface area contributed by atoms with Crippen LogP contribution < -0.4 is 4.72 Å². The van der Waals surface area contributed by atoms with Gasteiger partial charge in [-0.3, -0.25) is 0 Å². The lowest BCUT2D eigenvalue weighted by atomic mass is 10.1. The Morgan fingerprint density at radius 2 is 1.60 bits per heavy atom. The number of sulfonamides is 1. The smallest absolute Gasteiger partial charge is 0.237 e. The third-order valence-electron chi connectivity index (χ3n) is 2.42. The number of nitrogens with zero attached hydrogens (tertiary/aromatic N) is 2. The first-order valence-corrected chi connectivity index (χ1v) is 7.68. The van der Waals surface area contributed by atoms with Gasteiger partial charge in [-0.15, -0.1) is 0 Å². The molecule has 2 aromatic rings. The first-order valence-electron chi connectivity index (χ1n) is 6.20. The summed E-state index contributed by atoms with van der Waals surface area (Å²) in [5.74, 6) is 0.391. The molecule has 0 spiro atoms. The first-order chi connectivity index (χ1) is 9.30. The van der Waals surface area contributed by atoms with Gasteiger partial charge in [0.15, 0.2) is 5.82 Å². The molecular weight excluding hydrogens is 274 g/mol. The van der Waals surface area contributed by atoms with E-state index in [2.05, 4.69) is 14.7 Å². The Morgan fingerprint density at radius 1 is 1.00 bits per heavy atom. The summed E-state index contributed by atoms with van der Waals surface area (Å²) >= 11 is 0. The zero-order chi connectivity index (χ0) is 14.8. The van der Waals surface area contributed by atoms with Crippen LogP contribution in [-0.2, 0) is 10.0 Å². The molecule has 0 fully saturated rings. The lowest BCUT2D eigenvalue weighted by Gasteiger charge is -2.21. The van der Waals surface area contributed by atoms with Crippen LogP contribution in [0.4, 0.5) is 0 Å². The maximum atomic E-state index is 12.5. The molecule has 106 valence electrons. The molecule has 1 aromatic carbocycles. The summed E-state index contributed by atoms with van der Waals surface area (Å²) in [7, 11) is -3.63. The van der Waals surface area contributed by atoms with Gasteiger partial charge in [-0.25, -0.2) is 23.1 Å². The number of benzene rings is 1. The Bertz CT molecular complexity index is 692. The SMILES string of the molecule is CC(C)(C)NS(=O)(=O)c1ccccc1-c1ncccn1. The quantitative estimate of drug-likeness (QED) is 0.941. The number of aromatic nitrogens is 2. The minimum atomic E-state index is -3.63. The van der Waals surface area contributed by atoms with Crippen LogP contribution in [0.25, 0.3) is 11.4 Å². The molecule has 0 amide bonds. The molecule has 0 radical (unpaired) electrons. The summed E-state index contributed by atoms with van der Waals surface area (Å²) < 4.78 is 27.6. The lowest BCUT2D eigenvalue weighted by molar-refractivity contribution is 0.491. The predicted octanol–water partition coefficient (Wildman–Crippen LogP) is 2.22. The van der Waals surface area contributed by atoms with Crippen molar-refractivity contribution in [3.05, 3.63) is 42.7 Å². The molecule has 0 saturated heterocycles. The third-order valence-corrected chi connectivity index (χ3v) is 4.24. The van der Waals surface area contributed by atoms with E-state index in [9.17, 15) is 8.42 Å². The predicted molar refractivity (Wildman–Crippen MR) is 77.5 cm³/mol. The fourth-order valence-electron chi connectivity index (χ4n) is 1.78. The number of hydrogen-bond acceptors (Lipinski definition) is 4. The molecule has 0 saturated carbocycles. The molecule has 1 N–H and O–H groups in total. The topological polar surface area (TPSA) is 72.0 Å². The molecule has 0 bridgehead atoms. The molecule has 0 unspecified atom stereocenters. The highest BCUT2D eigenvalue weighted by Crippen LogP contribution is 2.24. The fourth-order valence-corrected chi connectivity index (χ4v) is 3.40. The van der Waals surface area contributed by atoms with Gasteiger partial charge in [0.05, 0.1) is 4.90 Å². The second-order valence-corrected chi connectivity index (χ2v) is 7.07. The molecule has 2 rings (SSSR count). The maximum Gasteiger partial charge on any atom is 0.241 e. The van der Waals surface area contributed by atoms with E-state index < -0.39 is 15.6 Å². The van der Waals surface area contributed by atoms with E-state index in [1.54, 1.807) is 63.5 Å². The molecule has 6 heteroatoms. The zero-order valence-electron chi connectivity index (χ0n) is 11.7. The van der Waals surface area contributed by atoms with Crippen LogP contribution in [-0.4, -0.2) is 23.9 Å². The van der Waals surface area contributed by atoms with Gasteiger partial charge >= 0.3 is 0 Å². The van der Waals surface area contributed by atoms with E-state index in [-0.39, 0.29) is 4.90 Å². The van der Waals surface area contributed by atoms with E-state index >= 15 is 0 Å². The fraction of sp³-hybridized carbons (Fsp3) is 0.286. The van der Waals surface area contributed by atoms with E-state index in [1.807, 2.05) is 0 Å². The average molecular weight is 291 g/mol. The Balaban J connectivity index is 2.54. The maximum absolute atomic E-state index is 12.5. The molecule has 1 aromatic heterocycles. The van der Waals surface area contributed by atoms with Gasteiger partial charge in [-0.2, -0.15) is 0 Å². The Hall–Kier alpha value is -1.79. The first kappa shape index (κ1) is 14.6. The van der Waals surface area contributed by atoms with Crippen molar-refractivity contribution >= 4 is 10.0 Å². The molecule has 20 heavy (non-hydrogen) atoms. The van der Waals surface area contributed by atoms with E-state index in [1.165, 1.54) is 0 Å². The number of nitrogens with one attached hydrogen (secondary N) is 1.